The lowest BCUT2D eigenvalue weighted by atomic mass is 10.3. The van der Waals surface area contributed by atoms with Gasteiger partial charge in [0.25, 0.3) is 0 Å². The van der Waals surface area contributed by atoms with E-state index in [0.29, 0.717) is 0 Å². The summed E-state index contributed by atoms with van der Waals surface area (Å²) in [4.78, 5) is 0.162. The molecular weight excluding hydrogens is 412 g/mol. The summed E-state index contributed by atoms with van der Waals surface area (Å²) in [7, 11) is -6.13. The molecule has 2 aromatic carbocycles. The molecule has 0 aliphatic carbocycles. The van der Waals surface area contributed by atoms with E-state index in [2.05, 4.69) is 0 Å². The molecule has 10 heteroatoms. The second kappa shape index (κ2) is 7.76. The molecule has 27 heavy (non-hydrogen) atoms. The number of sulfonamides is 2. The number of ether oxygens (including phenoxy) is 1. The fourth-order valence-electron chi connectivity index (χ4n) is 2.88. The van der Waals surface area contributed by atoms with Crippen LogP contribution in [0.25, 0.3) is 0 Å². The maximum Gasteiger partial charge on any atom is 0.246 e. The molecule has 1 saturated heterocycles. The fourth-order valence-corrected chi connectivity index (χ4v) is 6.17. The van der Waals surface area contributed by atoms with E-state index >= 15 is 0 Å². The van der Waals surface area contributed by atoms with Crippen LogP contribution in [-0.2, 0) is 20.0 Å². The van der Waals surface area contributed by atoms with Crippen LogP contribution < -0.4 is 4.74 Å². The van der Waals surface area contributed by atoms with Crippen molar-refractivity contribution in [2.45, 2.75) is 9.79 Å². The van der Waals surface area contributed by atoms with Crippen LogP contribution in [0.4, 0.5) is 0 Å². The van der Waals surface area contributed by atoms with Crippen molar-refractivity contribution < 1.29 is 21.6 Å². The van der Waals surface area contributed by atoms with Gasteiger partial charge in [0.05, 0.1) is 12.0 Å². The fraction of sp³-hybridized carbons (Fsp3) is 0.294. The molecule has 0 unspecified atom stereocenters. The minimum absolute atomic E-state index is 0.0307. The summed E-state index contributed by atoms with van der Waals surface area (Å²) in [6.45, 7) is 0.229. The molecule has 0 saturated carbocycles. The first-order valence-corrected chi connectivity index (χ1v) is 11.4. The van der Waals surface area contributed by atoms with E-state index in [0.717, 1.165) is 0 Å². The number of rotatable bonds is 5. The van der Waals surface area contributed by atoms with E-state index in [9.17, 15) is 16.8 Å². The van der Waals surface area contributed by atoms with Crippen molar-refractivity contribution in [3.8, 4) is 5.75 Å². The van der Waals surface area contributed by atoms with Gasteiger partial charge < -0.3 is 4.74 Å². The first kappa shape index (κ1) is 20.1. The van der Waals surface area contributed by atoms with Crippen LogP contribution in [0.2, 0.25) is 5.02 Å². The summed E-state index contributed by atoms with van der Waals surface area (Å²) in [6, 6.07) is 12.5. The summed E-state index contributed by atoms with van der Waals surface area (Å²) in [6.07, 6.45) is 0. The van der Waals surface area contributed by atoms with Crippen LogP contribution in [0.5, 0.6) is 5.75 Å². The van der Waals surface area contributed by atoms with Crippen molar-refractivity contribution >= 4 is 31.6 Å². The third kappa shape index (κ3) is 3.97. The zero-order valence-corrected chi connectivity index (χ0v) is 17.0. The number of methoxy groups -OCH3 is 1. The highest BCUT2D eigenvalue weighted by atomic mass is 35.5. The van der Waals surface area contributed by atoms with Gasteiger partial charge in [-0.15, -0.1) is 0 Å². The molecule has 0 bridgehead atoms. The quantitative estimate of drug-likeness (QED) is 0.724. The molecule has 1 heterocycles. The molecule has 0 aromatic heterocycles. The van der Waals surface area contributed by atoms with Gasteiger partial charge in [-0.05, 0) is 30.3 Å². The SMILES string of the molecule is COc1ccc(Cl)cc1S(=O)(=O)N1CCN(S(=O)(=O)c2ccccc2)CC1. The molecule has 0 radical (unpaired) electrons. The lowest BCUT2D eigenvalue weighted by Crippen LogP contribution is -2.50. The van der Waals surface area contributed by atoms with E-state index < -0.39 is 20.0 Å². The summed E-state index contributed by atoms with van der Waals surface area (Å²) in [5.74, 6) is 0.193. The zero-order chi connectivity index (χ0) is 19.7. The lowest BCUT2D eigenvalue weighted by Gasteiger charge is -2.33. The van der Waals surface area contributed by atoms with Gasteiger partial charge in [0.1, 0.15) is 10.6 Å². The second-order valence-electron chi connectivity index (χ2n) is 5.92. The number of hydrogen-bond acceptors (Lipinski definition) is 5. The van der Waals surface area contributed by atoms with Crippen LogP contribution in [0.15, 0.2) is 58.3 Å². The largest absolute Gasteiger partial charge is 0.495 e. The Morgan fingerprint density at radius 3 is 1.96 bits per heavy atom. The van der Waals surface area contributed by atoms with Crippen LogP contribution in [-0.4, -0.2) is 58.7 Å². The van der Waals surface area contributed by atoms with Gasteiger partial charge in [-0.3, -0.25) is 0 Å². The molecule has 0 spiro atoms. The Labute approximate surface area is 164 Å². The van der Waals surface area contributed by atoms with Crippen LogP contribution in [0, 0.1) is 0 Å². The minimum Gasteiger partial charge on any atom is -0.495 e. The molecule has 1 fully saturated rings. The Morgan fingerprint density at radius 2 is 1.41 bits per heavy atom. The highest BCUT2D eigenvalue weighted by Crippen LogP contribution is 2.30. The highest BCUT2D eigenvalue weighted by molar-refractivity contribution is 7.89. The van der Waals surface area contributed by atoms with Crippen LogP contribution >= 0.6 is 11.6 Å². The Kier molecular flexibility index (Phi) is 5.78. The smallest absolute Gasteiger partial charge is 0.246 e. The van der Waals surface area contributed by atoms with Crippen LogP contribution in [0.3, 0.4) is 0 Å². The van der Waals surface area contributed by atoms with E-state index in [1.807, 2.05) is 0 Å². The third-order valence-corrected chi connectivity index (χ3v) is 8.39. The summed E-state index contributed by atoms with van der Waals surface area (Å²) in [5, 5.41) is 0.277. The van der Waals surface area contributed by atoms with Crippen molar-refractivity contribution in [1.82, 2.24) is 8.61 Å². The summed E-state index contributed by atoms with van der Waals surface area (Å²) < 4.78 is 59.0. The van der Waals surface area contributed by atoms with Gasteiger partial charge in [0.15, 0.2) is 0 Å². The normalized spacial score (nSPS) is 17.0. The van der Waals surface area contributed by atoms with E-state index in [-0.39, 0.29) is 46.7 Å². The predicted octanol–water partition coefficient (Wildman–Crippen LogP) is 2.04. The maximum absolute atomic E-state index is 13.0. The van der Waals surface area contributed by atoms with Crippen molar-refractivity contribution in [2.75, 3.05) is 33.3 Å². The zero-order valence-electron chi connectivity index (χ0n) is 14.6. The molecule has 0 amide bonds. The van der Waals surface area contributed by atoms with Crippen molar-refractivity contribution in [1.29, 1.82) is 0 Å². The maximum atomic E-state index is 13.0. The lowest BCUT2D eigenvalue weighted by molar-refractivity contribution is 0.272. The summed E-state index contributed by atoms with van der Waals surface area (Å²) in [5.41, 5.74) is 0. The van der Waals surface area contributed by atoms with Gasteiger partial charge in [0.2, 0.25) is 20.0 Å². The number of benzene rings is 2. The molecule has 3 rings (SSSR count). The second-order valence-corrected chi connectivity index (χ2v) is 10.2. The monoisotopic (exact) mass is 430 g/mol. The van der Waals surface area contributed by atoms with Crippen molar-refractivity contribution in [2.24, 2.45) is 0 Å². The minimum atomic E-state index is -3.86. The van der Waals surface area contributed by atoms with Gasteiger partial charge in [-0.25, -0.2) is 16.8 Å². The van der Waals surface area contributed by atoms with E-state index in [4.69, 9.17) is 16.3 Å². The Hall–Kier alpha value is -1.65. The van der Waals surface area contributed by atoms with Gasteiger partial charge in [0, 0.05) is 31.2 Å². The highest BCUT2D eigenvalue weighted by Gasteiger charge is 2.35. The summed E-state index contributed by atoms with van der Waals surface area (Å²) >= 11 is 5.94. The Balaban J connectivity index is 1.81. The standard InChI is InChI=1S/C17H19ClN2O5S2/c1-25-16-8-7-14(18)13-17(16)27(23,24)20-11-9-19(10-12-20)26(21,22)15-5-3-2-4-6-15/h2-8,13H,9-12H2,1H3. The number of piperazine rings is 1. The van der Waals surface area contributed by atoms with Gasteiger partial charge >= 0.3 is 0 Å². The van der Waals surface area contributed by atoms with E-state index in [1.54, 1.807) is 24.3 Å². The first-order chi connectivity index (χ1) is 12.8. The predicted molar refractivity (Wildman–Crippen MR) is 102 cm³/mol. The van der Waals surface area contributed by atoms with Gasteiger partial charge in [-0.2, -0.15) is 8.61 Å². The third-order valence-electron chi connectivity index (χ3n) is 4.32. The van der Waals surface area contributed by atoms with E-state index in [1.165, 1.54) is 40.0 Å². The molecule has 1 aliphatic heterocycles. The molecular formula is C17H19ClN2O5S2. The van der Waals surface area contributed by atoms with Crippen LogP contribution in [0.1, 0.15) is 0 Å². The number of nitrogens with zero attached hydrogens (tertiary/aromatic N) is 2. The molecule has 146 valence electrons. The first-order valence-electron chi connectivity index (χ1n) is 8.16. The average molecular weight is 431 g/mol. The molecule has 1 aliphatic rings. The van der Waals surface area contributed by atoms with Crippen molar-refractivity contribution in [3.05, 3.63) is 53.6 Å². The average Bonchev–Trinajstić information content (AvgIpc) is 2.68. The molecule has 7 nitrogen and oxygen atoms in total. The molecule has 0 atom stereocenters. The topological polar surface area (TPSA) is 84.0 Å². The molecule has 2 aromatic rings. The Bertz CT molecular complexity index is 1020. The number of halogens is 1. The van der Waals surface area contributed by atoms with Crippen molar-refractivity contribution in [3.63, 3.8) is 0 Å². The Morgan fingerprint density at radius 1 is 0.852 bits per heavy atom. The van der Waals surface area contributed by atoms with Gasteiger partial charge in [-0.1, -0.05) is 29.8 Å². The number of hydrogen-bond donors (Lipinski definition) is 0. The molecule has 0 N–H and O–H groups in total.